The maximum absolute atomic E-state index is 13.1. The molecule has 0 saturated carbocycles. The van der Waals surface area contributed by atoms with Gasteiger partial charge in [0.05, 0.1) is 17.0 Å². The Bertz CT molecular complexity index is 1270. The summed E-state index contributed by atoms with van der Waals surface area (Å²) in [4.78, 5) is 35.8. The number of nitrogens with zero attached hydrogens (tertiary/aromatic N) is 4. The van der Waals surface area contributed by atoms with Crippen LogP contribution < -0.4 is 0 Å². The van der Waals surface area contributed by atoms with Crippen LogP contribution in [0, 0.1) is 5.92 Å². The van der Waals surface area contributed by atoms with Crippen molar-refractivity contribution < 1.29 is 22.8 Å². The molecule has 2 amide bonds. The van der Waals surface area contributed by atoms with Crippen molar-refractivity contribution in [1.82, 2.24) is 19.7 Å². The Labute approximate surface area is 207 Å². The zero-order valence-electron chi connectivity index (χ0n) is 19.7. The highest BCUT2D eigenvalue weighted by atomic mass is 19.4. The quantitative estimate of drug-likeness (QED) is 0.537. The van der Waals surface area contributed by atoms with E-state index in [0.717, 1.165) is 48.2 Å². The number of benzene rings is 2. The van der Waals surface area contributed by atoms with Crippen molar-refractivity contribution in [2.75, 3.05) is 32.7 Å². The number of amides is 2. The van der Waals surface area contributed by atoms with Gasteiger partial charge in [-0.3, -0.25) is 19.5 Å². The van der Waals surface area contributed by atoms with E-state index < -0.39 is 17.7 Å². The summed E-state index contributed by atoms with van der Waals surface area (Å²) in [7, 11) is 0. The van der Waals surface area contributed by atoms with E-state index in [9.17, 15) is 22.8 Å². The highest BCUT2D eigenvalue weighted by Crippen LogP contribution is 2.30. The second-order valence-corrected chi connectivity index (χ2v) is 9.47. The molecule has 9 heteroatoms. The number of rotatable bonds is 5. The fourth-order valence-corrected chi connectivity index (χ4v) is 5.08. The predicted octanol–water partition coefficient (Wildman–Crippen LogP) is 3.95. The molecular weight excluding hydrogens is 469 g/mol. The Morgan fingerprint density at radius 2 is 1.72 bits per heavy atom. The number of halogens is 3. The van der Waals surface area contributed by atoms with Crippen LogP contribution in [0.4, 0.5) is 13.2 Å². The average molecular weight is 497 g/mol. The molecule has 1 aromatic heterocycles. The molecule has 0 aliphatic carbocycles. The van der Waals surface area contributed by atoms with Crippen LogP contribution in [0.25, 0.3) is 10.9 Å². The lowest BCUT2D eigenvalue weighted by atomic mass is 10.1. The Balaban J connectivity index is 1.16. The van der Waals surface area contributed by atoms with Crippen molar-refractivity contribution in [3.05, 3.63) is 77.5 Å². The highest BCUT2D eigenvalue weighted by molar-refractivity contribution is 5.89. The molecule has 2 fully saturated rings. The molecule has 36 heavy (non-hydrogen) atoms. The number of aromatic nitrogens is 1. The Morgan fingerprint density at radius 3 is 2.50 bits per heavy atom. The van der Waals surface area contributed by atoms with Crippen LogP contribution in [-0.4, -0.2) is 64.2 Å². The smallest absolute Gasteiger partial charge is 0.340 e. The summed E-state index contributed by atoms with van der Waals surface area (Å²) in [6.07, 6.45) is -2.54. The second-order valence-electron chi connectivity index (χ2n) is 9.47. The van der Waals surface area contributed by atoms with Gasteiger partial charge in [0.15, 0.2) is 0 Å². The minimum absolute atomic E-state index is 0.0543. The number of hydrogen-bond acceptors (Lipinski definition) is 4. The molecular formula is C27H27F3N4O2. The van der Waals surface area contributed by atoms with E-state index in [2.05, 4.69) is 16.0 Å². The summed E-state index contributed by atoms with van der Waals surface area (Å²) in [6, 6.07) is 15.1. The van der Waals surface area contributed by atoms with Gasteiger partial charge < -0.3 is 9.80 Å². The second kappa shape index (κ2) is 9.89. The van der Waals surface area contributed by atoms with Crippen LogP contribution in [0.15, 0.2) is 60.8 Å². The first-order valence-electron chi connectivity index (χ1n) is 12.1. The number of carbonyl (C=O) groups excluding carboxylic acids is 2. The monoisotopic (exact) mass is 496 g/mol. The molecule has 1 unspecified atom stereocenters. The molecule has 2 aromatic carbocycles. The molecule has 3 heterocycles. The third kappa shape index (κ3) is 5.21. The lowest BCUT2D eigenvalue weighted by molar-refractivity contribution is -0.138. The van der Waals surface area contributed by atoms with Gasteiger partial charge in [-0.25, -0.2) is 0 Å². The maximum Gasteiger partial charge on any atom is 0.416 e. The number of piperazine rings is 1. The van der Waals surface area contributed by atoms with Gasteiger partial charge in [-0.2, -0.15) is 13.2 Å². The summed E-state index contributed by atoms with van der Waals surface area (Å²) >= 11 is 0. The topological polar surface area (TPSA) is 56.8 Å². The average Bonchev–Trinajstić information content (AvgIpc) is 3.24. The molecule has 188 valence electrons. The summed E-state index contributed by atoms with van der Waals surface area (Å²) in [5.41, 5.74) is 1.81. The number of pyridine rings is 1. The van der Waals surface area contributed by atoms with Gasteiger partial charge in [-0.1, -0.05) is 36.4 Å². The van der Waals surface area contributed by atoms with Crippen LogP contribution in [-0.2, 0) is 28.9 Å². The molecule has 0 spiro atoms. The maximum atomic E-state index is 13.1. The van der Waals surface area contributed by atoms with Gasteiger partial charge in [-0.05, 0) is 29.3 Å². The van der Waals surface area contributed by atoms with Crippen molar-refractivity contribution in [2.24, 2.45) is 5.92 Å². The van der Waals surface area contributed by atoms with Crippen molar-refractivity contribution in [2.45, 2.75) is 25.7 Å². The molecule has 1 atom stereocenters. The minimum Gasteiger partial charge on any atom is -0.340 e. The van der Waals surface area contributed by atoms with Gasteiger partial charge in [0, 0.05) is 63.8 Å². The first-order valence-corrected chi connectivity index (χ1v) is 12.1. The van der Waals surface area contributed by atoms with Crippen LogP contribution >= 0.6 is 0 Å². The van der Waals surface area contributed by atoms with Gasteiger partial charge in [-0.15, -0.1) is 0 Å². The van der Waals surface area contributed by atoms with E-state index in [-0.39, 0.29) is 31.3 Å². The molecule has 2 aliphatic rings. The third-order valence-electron chi connectivity index (χ3n) is 6.99. The Hall–Kier alpha value is -3.46. The van der Waals surface area contributed by atoms with Crippen molar-refractivity contribution in [3.63, 3.8) is 0 Å². The fourth-order valence-electron chi connectivity index (χ4n) is 5.08. The molecule has 0 N–H and O–H groups in total. The summed E-state index contributed by atoms with van der Waals surface area (Å²) < 4.78 is 39.0. The van der Waals surface area contributed by atoms with E-state index >= 15 is 0 Å². The highest BCUT2D eigenvalue weighted by Gasteiger charge is 2.37. The summed E-state index contributed by atoms with van der Waals surface area (Å²) in [6.45, 7) is 3.66. The first-order chi connectivity index (χ1) is 17.3. The fraction of sp³-hybridized carbons (Fsp3) is 0.370. The molecule has 0 radical (unpaired) electrons. The van der Waals surface area contributed by atoms with Crippen LogP contribution in [0.3, 0.4) is 0 Å². The van der Waals surface area contributed by atoms with Gasteiger partial charge in [0.25, 0.3) is 0 Å². The number of likely N-dealkylation sites (tertiary alicyclic amines) is 1. The van der Waals surface area contributed by atoms with Crippen LogP contribution in [0.1, 0.15) is 23.1 Å². The molecule has 2 aliphatic heterocycles. The Kier molecular flexibility index (Phi) is 6.66. The minimum atomic E-state index is -4.43. The molecule has 5 rings (SSSR count). The number of carbonyl (C=O) groups is 2. The standard InChI is InChI=1S/C27H27F3N4O2/c28-27(29,30)23-8-1-4-19(14-23)16-34-18-22(15-24(34)35)26(36)33-12-10-32(11-13-33)17-21-6-2-5-20-7-3-9-31-25(20)21/h1-9,14,22H,10-13,15-18H2. The van der Waals surface area contributed by atoms with Crippen molar-refractivity contribution in [3.8, 4) is 0 Å². The number of alkyl halides is 3. The van der Waals surface area contributed by atoms with E-state index in [1.54, 1.807) is 12.3 Å². The summed E-state index contributed by atoms with van der Waals surface area (Å²) in [5, 5.41) is 1.10. The molecule has 3 aromatic rings. The van der Waals surface area contributed by atoms with E-state index in [1.807, 2.05) is 29.2 Å². The largest absolute Gasteiger partial charge is 0.416 e. The lowest BCUT2D eigenvalue weighted by Crippen LogP contribution is -2.50. The van der Waals surface area contributed by atoms with Crippen LogP contribution in [0.5, 0.6) is 0 Å². The molecule has 0 bridgehead atoms. The molecule has 6 nitrogen and oxygen atoms in total. The van der Waals surface area contributed by atoms with E-state index in [4.69, 9.17) is 0 Å². The van der Waals surface area contributed by atoms with Gasteiger partial charge in [0.1, 0.15) is 0 Å². The number of fused-ring (bicyclic) bond motifs is 1. The normalized spacial score (nSPS) is 19.3. The zero-order chi connectivity index (χ0) is 25.3. The lowest BCUT2D eigenvalue weighted by Gasteiger charge is -2.36. The van der Waals surface area contributed by atoms with Crippen molar-refractivity contribution in [1.29, 1.82) is 0 Å². The van der Waals surface area contributed by atoms with Crippen molar-refractivity contribution >= 4 is 22.7 Å². The zero-order valence-corrected chi connectivity index (χ0v) is 19.7. The first kappa shape index (κ1) is 24.2. The predicted molar refractivity (Wildman–Crippen MR) is 129 cm³/mol. The van der Waals surface area contributed by atoms with Gasteiger partial charge >= 0.3 is 6.18 Å². The van der Waals surface area contributed by atoms with E-state index in [0.29, 0.717) is 18.7 Å². The van der Waals surface area contributed by atoms with E-state index in [1.165, 1.54) is 11.0 Å². The van der Waals surface area contributed by atoms with Crippen LogP contribution in [0.2, 0.25) is 0 Å². The van der Waals surface area contributed by atoms with Gasteiger partial charge in [0.2, 0.25) is 11.8 Å². The number of para-hydroxylation sites is 1. The number of hydrogen-bond donors (Lipinski definition) is 0. The SMILES string of the molecule is O=C1CC(C(=O)N2CCN(Cc3cccc4cccnc34)CC2)CN1Cc1cccc(C(F)(F)F)c1. The summed E-state index contributed by atoms with van der Waals surface area (Å²) in [5.74, 6) is -0.716. The molecule has 2 saturated heterocycles. The third-order valence-corrected chi connectivity index (χ3v) is 6.99. The Morgan fingerprint density at radius 1 is 0.972 bits per heavy atom.